The summed E-state index contributed by atoms with van der Waals surface area (Å²) >= 11 is 0. The first-order valence-electron chi connectivity index (χ1n) is 13.4. The topological polar surface area (TPSA) is 135 Å². The van der Waals surface area contributed by atoms with Gasteiger partial charge in [-0.3, -0.25) is 19.3 Å². The number of nitriles is 1. The molecule has 0 aromatic heterocycles. The van der Waals surface area contributed by atoms with Crippen LogP contribution in [0.4, 0.5) is 0 Å². The average molecular weight is 549 g/mol. The number of benzene rings is 2. The van der Waals surface area contributed by atoms with Crippen LogP contribution in [0.5, 0.6) is 5.75 Å². The second-order valence-corrected chi connectivity index (χ2v) is 11.1. The van der Waals surface area contributed by atoms with Crippen LogP contribution in [0.15, 0.2) is 36.4 Å². The Labute approximate surface area is 234 Å². The predicted octanol–water partition coefficient (Wildman–Crippen LogP) is 2.90. The van der Waals surface area contributed by atoms with Crippen molar-refractivity contribution in [3.63, 3.8) is 0 Å². The van der Waals surface area contributed by atoms with Gasteiger partial charge >= 0.3 is 5.97 Å². The molecular weight excluding hydrogens is 512 g/mol. The molecule has 0 bridgehead atoms. The molecule has 0 saturated carbocycles. The maximum absolute atomic E-state index is 13.3. The lowest BCUT2D eigenvalue weighted by Crippen LogP contribution is -2.45. The molecule has 1 saturated heterocycles. The first kappa shape index (κ1) is 29.1. The summed E-state index contributed by atoms with van der Waals surface area (Å²) in [7, 11) is 0. The zero-order chi connectivity index (χ0) is 28.9. The number of nitrogens with zero attached hydrogens (tertiary/aromatic N) is 3. The standard InChI is InChI=1S/C30H36N4O6/c1-30(2,3)40-26(35)11-10-25(28(32)36)34-18-24-23(29(34)37)9-8-22(16-31)27(24)39-19-21-6-4-20(5-7-21)17-33-12-14-38-15-13-33/h4-9,25H,10-15,17-19H2,1-3H3,(H2,32,36)/t25-/m0/s1. The number of ether oxygens (including phenoxy) is 3. The van der Waals surface area contributed by atoms with Crippen molar-refractivity contribution in [3.05, 3.63) is 64.2 Å². The van der Waals surface area contributed by atoms with E-state index in [9.17, 15) is 19.6 Å². The van der Waals surface area contributed by atoms with Gasteiger partial charge < -0.3 is 24.8 Å². The molecule has 0 unspecified atom stereocenters. The van der Waals surface area contributed by atoms with Crippen LogP contribution < -0.4 is 10.5 Å². The van der Waals surface area contributed by atoms with Crippen molar-refractivity contribution in [1.29, 1.82) is 5.26 Å². The quantitative estimate of drug-likeness (QED) is 0.448. The van der Waals surface area contributed by atoms with Gasteiger partial charge in [-0.15, -0.1) is 0 Å². The fraction of sp³-hybridized carbons (Fsp3) is 0.467. The van der Waals surface area contributed by atoms with Gasteiger partial charge in [0.25, 0.3) is 5.91 Å². The Morgan fingerprint density at radius 1 is 1.10 bits per heavy atom. The fourth-order valence-corrected chi connectivity index (χ4v) is 4.90. The zero-order valence-electron chi connectivity index (χ0n) is 23.3. The van der Waals surface area contributed by atoms with Gasteiger partial charge in [-0.25, -0.2) is 0 Å². The van der Waals surface area contributed by atoms with E-state index in [1.165, 1.54) is 10.5 Å². The molecule has 0 radical (unpaired) electrons. The Hall–Kier alpha value is -3.94. The number of rotatable bonds is 10. The summed E-state index contributed by atoms with van der Waals surface area (Å²) in [6.45, 7) is 9.68. The Balaban J connectivity index is 1.45. The van der Waals surface area contributed by atoms with Gasteiger partial charge in [0, 0.05) is 37.2 Å². The van der Waals surface area contributed by atoms with E-state index in [4.69, 9.17) is 19.9 Å². The molecule has 2 aliphatic heterocycles. The average Bonchev–Trinajstić information content (AvgIpc) is 3.23. The molecule has 10 heteroatoms. The number of amides is 2. The van der Waals surface area contributed by atoms with Crippen LogP contribution in [-0.4, -0.2) is 65.5 Å². The van der Waals surface area contributed by atoms with Crippen LogP contribution in [0, 0.1) is 11.3 Å². The van der Waals surface area contributed by atoms with Gasteiger partial charge in [0.1, 0.15) is 30.1 Å². The molecule has 2 heterocycles. The minimum Gasteiger partial charge on any atom is -0.487 e. The van der Waals surface area contributed by atoms with Crippen molar-refractivity contribution in [1.82, 2.24) is 9.80 Å². The minimum atomic E-state index is -1.01. The number of esters is 1. The summed E-state index contributed by atoms with van der Waals surface area (Å²) in [6.07, 6.45) is -0.0403. The largest absolute Gasteiger partial charge is 0.487 e. The third kappa shape index (κ3) is 7.17. The van der Waals surface area contributed by atoms with Crippen molar-refractivity contribution in [3.8, 4) is 11.8 Å². The molecule has 0 spiro atoms. The first-order valence-corrected chi connectivity index (χ1v) is 13.4. The SMILES string of the molecule is CC(C)(C)OC(=O)CC[C@@H](C(N)=O)N1Cc2c(ccc(C#N)c2OCc2ccc(CN3CCOCC3)cc2)C1=O. The molecule has 2 aromatic carbocycles. The third-order valence-electron chi connectivity index (χ3n) is 6.86. The summed E-state index contributed by atoms with van der Waals surface area (Å²) in [5.41, 5.74) is 8.25. The predicted molar refractivity (Wildman–Crippen MR) is 146 cm³/mol. The summed E-state index contributed by atoms with van der Waals surface area (Å²) < 4.78 is 16.9. The van der Waals surface area contributed by atoms with Crippen LogP contribution in [0.25, 0.3) is 0 Å². The van der Waals surface area contributed by atoms with Gasteiger partial charge in [-0.2, -0.15) is 5.26 Å². The fourth-order valence-electron chi connectivity index (χ4n) is 4.90. The summed E-state index contributed by atoms with van der Waals surface area (Å²) in [6, 6.07) is 12.3. The van der Waals surface area contributed by atoms with Crippen molar-refractivity contribution >= 4 is 17.8 Å². The van der Waals surface area contributed by atoms with E-state index in [0.29, 0.717) is 22.4 Å². The van der Waals surface area contributed by atoms with Crippen molar-refractivity contribution in [2.75, 3.05) is 26.3 Å². The number of carbonyl (C=O) groups excluding carboxylic acids is 3. The number of nitrogens with two attached hydrogens (primary N) is 1. The molecule has 40 heavy (non-hydrogen) atoms. The van der Waals surface area contributed by atoms with Crippen LogP contribution in [0.2, 0.25) is 0 Å². The molecule has 10 nitrogen and oxygen atoms in total. The zero-order valence-corrected chi connectivity index (χ0v) is 23.3. The third-order valence-corrected chi connectivity index (χ3v) is 6.86. The molecule has 0 aliphatic carbocycles. The van der Waals surface area contributed by atoms with Crippen molar-refractivity contribution in [2.45, 2.75) is 65.0 Å². The van der Waals surface area contributed by atoms with E-state index >= 15 is 0 Å². The van der Waals surface area contributed by atoms with Crippen molar-refractivity contribution < 1.29 is 28.6 Å². The van der Waals surface area contributed by atoms with E-state index in [1.807, 2.05) is 12.1 Å². The number of morpholine rings is 1. The van der Waals surface area contributed by atoms with E-state index < -0.39 is 29.4 Å². The van der Waals surface area contributed by atoms with Gasteiger partial charge in [-0.1, -0.05) is 24.3 Å². The Morgan fingerprint density at radius 2 is 1.77 bits per heavy atom. The highest BCUT2D eigenvalue weighted by Gasteiger charge is 2.38. The maximum atomic E-state index is 13.3. The summed E-state index contributed by atoms with van der Waals surface area (Å²) in [4.78, 5) is 41.6. The lowest BCUT2D eigenvalue weighted by Gasteiger charge is -2.26. The number of carbonyl (C=O) groups is 3. The molecule has 2 aromatic rings. The highest BCUT2D eigenvalue weighted by Crippen LogP contribution is 2.36. The molecule has 1 fully saturated rings. The number of primary amides is 1. The Kier molecular flexibility index (Phi) is 9.07. The highest BCUT2D eigenvalue weighted by molar-refractivity contribution is 6.02. The van der Waals surface area contributed by atoms with Gasteiger partial charge in [0.15, 0.2) is 0 Å². The van der Waals surface area contributed by atoms with Crippen LogP contribution in [0.3, 0.4) is 0 Å². The molecule has 212 valence electrons. The molecule has 4 rings (SSSR count). The second-order valence-electron chi connectivity index (χ2n) is 11.1. The first-order chi connectivity index (χ1) is 19.1. The molecule has 2 N–H and O–H groups in total. The van der Waals surface area contributed by atoms with Crippen LogP contribution in [0.1, 0.15) is 66.2 Å². The smallest absolute Gasteiger partial charge is 0.306 e. The van der Waals surface area contributed by atoms with E-state index in [-0.39, 0.29) is 26.0 Å². The highest BCUT2D eigenvalue weighted by atomic mass is 16.6. The molecular formula is C30H36N4O6. The van der Waals surface area contributed by atoms with E-state index in [1.54, 1.807) is 32.9 Å². The molecule has 2 amide bonds. The van der Waals surface area contributed by atoms with E-state index in [0.717, 1.165) is 38.4 Å². The van der Waals surface area contributed by atoms with Crippen LogP contribution in [-0.2, 0) is 38.8 Å². The number of hydrogen-bond acceptors (Lipinski definition) is 8. The van der Waals surface area contributed by atoms with E-state index in [2.05, 4.69) is 23.1 Å². The molecule has 2 aliphatic rings. The Morgan fingerprint density at radius 3 is 2.40 bits per heavy atom. The van der Waals surface area contributed by atoms with Gasteiger partial charge in [-0.05, 0) is 50.5 Å². The lowest BCUT2D eigenvalue weighted by molar-refractivity contribution is -0.155. The number of hydrogen-bond donors (Lipinski definition) is 1. The molecule has 1 atom stereocenters. The monoisotopic (exact) mass is 548 g/mol. The normalized spacial score (nSPS) is 16.2. The summed E-state index contributed by atoms with van der Waals surface area (Å²) in [5.74, 6) is -1.28. The van der Waals surface area contributed by atoms with Gasteiger partial charge in [0.2, 0.25) is 5.91 Å². The van der Waals surface area contributed by atoms with Crippen molar-refractivity contribution in [2.24, 2.45) is 5.73 Å². The van der Waals surface area contributed by atoms with Gasteiger partial charge in [0.05, 0.1) is 25.3 Å². The minimum absolute atomic E-state index is 0.0298. The second kappa shape index (κ2) is 12.5. The van der Waals surface area contributed by atoms with Crippen LogP contribution >= 0.6 is 0 Å². The number of fused-ring (bicyclic) bond motifs is 1. The lowest BCUT2D eigenvalue weighted by atomic mass is 10.0. The summed E-state index contributed by atoms with van der Waals surface area (Å²) in [5, 5.41) is 9.74. The maximum Gasteiger partial charge on any atom is 0.306 e. The Bertz CT molecular complexity index is 1290.